The third-order valence-electron chi connectivity index (χ3n) is 5.23. The summed E-state index contributed by atoms with van der Waals surface area (Å²) >= 11 is 7.97. The molecule has 31 heavy (non-hydrogen) atoms. The Hall–Kier alpha value is -2.35. The highest BCUT2D eigenvalue weighted by Crippen LogP contribution is 2.25. The Kier molecular flexibility index (Phi) is 7.61. The van der Waals surface area contributed by atoms with Crippen molar-refractivity contribution in [1.29, 1.82) is 0 Å². The van der Waals surface area contributed by atoms with Crippen LogP contribution in [0.25, 0.3) is 11.4 Å². The second-order valence-electron chi connectivity index (χ2n) is 7.52. The van der Waals surface area contributed by atoms with Crippen LogP contribution in [0.15, 0.2) is 64.0 Å². The van der Waals surface area contributed by atoms with E-state index < -0.39 is 0 Å². The van der Waals surface area contributed by atoms with Gasteiger partial charge in [-0.1, -0.05) is 47.1 Å². The minimum absolute atomic E-state index is 0.0126. The first kappa shape index (κ1) is 21.9. The molecule has 8 heteroatoms. The zero-order valence-electron chi connectivity index (χ0n) is 17.2. The number of likely N-dealkylation sites (tertiary alicyclic amines) is 1. The summed E-state index contributed by atoms with van der Waals surface area (Å²) in [5, 5.41) is 7.74. The van der Waals surface area contributed by atoms with Gasteiger partial charge in [0.15, 0.2) is 0 Å². The summed E-state index contributed by atoms with van der Waals surface area (Å²) in [4.78, 5) is 20.5. The maximum Gasteiger partial charge on any atom is 0.241 e. The molecule has 1 aliphatic heterocycles. The minimum Gasteiger partial charge on any atom is -0.355 e. The lowest BCUT2D eigenvalue weighted by Gasteiger charge is -2.30. The van der Waals surface area contributed by atoms with Gasteiger partial charge in [0.2, 0.25) is 17.6 Å². The van der Waals surface area contributed by atoms with Gasteiger partial charge < -0.3 is 9.84 Å². The fourth-order valence-electron chi connectivity index (χ4n) is 3.68. The predicted octanol–water partition coefficient (Wildman–Crippen LogP) is 4.51. The van der Waals surface area contributed by atoms with Crippen molar-refractivity contribution in [3.05, 3.63) is 65.5 Å². The highest BCUT2D eigenvalue weighted by molar-refractivity contribution is 7.99. The van der Waals surface area contributed by atoms with Crippen LogP contribution in [0.2, 0.25) is 5.02 Å². The molecule has 0 aliphatic carbocycles. The van der Waals surface area contributed by atoms with E-state index in [-0.39, 0.29) is 11.8 Å². The monoisotopic (exact) mass is 456 g/mol. The molecule has 2 aromatic carbocycles. The lowest BCUT2D eigenvalue weighted by molar-refractivity contribution is -0.126. The molecule has 162 valence electrons. The molecule has 0 bridgehead atoms. The number of piperidine rings is 1. The third-order valence-corrected chi connectivity index (χ3v) is 6.57. The summed E-state index contributed by atoms with van der Waals surface area (Å²) in [5.74, 6) is 2.00. The van der Waals surface area contributed by atoms with Gasteiger partial charge in [0, 0.05) is 29.3 Å². The van der Waals surface area contributed by atoms with E-state index in [0.717, 1.165) is 30.7 Å². The second-order valence-corrected chi connectivity index (χ2v) is 9.09. The van der Waals surface area contributed by atoms with Crippen molar-refractivity contribution in [2.75, 3.05) is 25.4 Å². The zero-order valence-corrected chi connectivity index (χ0v) is 18.7. The molecule has 1 fully saturated rings. The molecule has 1 atom stereocenters. The standard InChI is InChI=1S/C23H25ClN4O2S/c24-20-11-5-4-10-19(20)22-26-21(30-27-22)16-28-13-6-7-17(15-28)23(29)25-12-14-31-18-8-2-1-3-9-18/h1-5,8-11,17H,6-7,12-16H2,(H,25,29). The molecule has 1 saturated heterocycles. The van der Waals surface area contributed by atoms with Crippen molar-refractivity contribution in [2.45, 2.75) is 24.3 Å². The van der Waals surface area contributed by atoms with Crippen LogP contribution >= 0.6 is 23.4 Å². The molecule has 0 saturated carbocycles. The molecule has 0 spiro atoms. The van der Waals surface area contributed by atoms with Crippen molar-refractivity contribution >= 4 is 29.3 Å². The SMILES string of the molecule is O=C(NCCSc1ccccc1)C1CCCN(Cc2nc(-c3ccccc3Cl)no2)C1. The third kappa shape index (κ3) is 6.09. The topological polar surface area (TPSA) is 71.3 Å². The van der Waals surface area contributed by atoms with Gasteiger partial charge in [0.05, 0.1) is 17.5 Å². The quantitative estimate of drug-likeness (QED) is 0.397. The summed E-state index contributed by atoms with van der Waals surface area (Å²) in [6.45, 7) is 2.81. The number of thioether (sulfide) groups is 1. The van der Waals surface area contributed by atoms with Crippen LogP contribution in [-0.2, 0) is 11.3 Å². The molecule has 1 aliphatic rings. The van der Waals surface area contributed by atoms with E-state index >= 15 is 0 Å². The van der Waals surface area contributed by atoms with Gasteiger partial charge in [-0.05, 0) is 43.7 Å². The van der Waals surface area contributed by atoms with Crippen LogP contribution in [-0.4, -0.2) is 46.3 Å². The van der Waals surface area contributed by atoms with Gasteiger partial charge in [-0.25, -0.2) is 0 Å². The Morgan fingerprint density at radius 3 is 2.84 bits per heavy atom. The lowest BCUT2D eigenvalue weighted by atomic mass is 9.97. The predicted molar refractivity (Wildman–Crippen MR) is 123 cm³/mol. The first-order valence-electron chi connectivity index (χ1n) is 10.4. The highest BCUT2D eigenvalue weighted by Gasteiger charge is 2.26. The molecule has 1 amide bonds. The lowest BCUT2D eigenvalue weighted by Crippen LogP contribution is -2.43. The van der Waals surface area contributed by atoms with Crippen molar-refractivity contribution in [3.63, 3.8) is 0 Å². The molecule has 0 radical (unpaired) electrons. The van der Waals surface area contributed by atoms with Crippen molar-refractivity contribution in [1.82, 2.24) is 20.4 Å². The van der Waals surface area contributed by atoms with Gasteiger partial charge in [-0.3, -0.25) is 9.69 Å². The number of hydrogen-bond acceptors (Lipinski definition) is 6. The van der Waals surface area contributed by atoms with Gasteiger partial charge in [0.25, 0.3) is 0 Å². The van der Waals surface area contributed by atoms with Crippen LogP contribution < -0.4 is 5.32 Å². The van der Waals surface area contributed by atoms with E-state index in [0.29, 0.717) is 36.4 Å². The second kappa shape index (κ2) is 10.8. The molecule has 1 aromatic heterocycles. The van der Waals surface area contributed by atoms with Crippen molar-refractivity contribution in [2.24, 2.45) is 5.92 Å². The number of halogens is 1. The number of aromatic nitrogens is 2. The van der Waals surface area contributed by atoms with E-state index in [1.807, 2.05) is 36.4 Å². The van der Waals surface area contributed by atoms with Gasteiger partial charge >= 0.3 is 0 Å². The number of benzene rings is 2. The van der Waals surface area contributed by atoms with E-state index in [4.69, 9.17) is 16.1 Å². The van der Waals surface area contributed by atoms with Crippen LogP contribution in [0.4, 0.5) is 0 Å². The maximum atomic E-state index is 12.6. The Morgan fingerprint density at radius 1 is 1.19 bits per heavy atom. The van der Waals surface area contributed by atoms with Crippen LogP contribution in [0, 0.1) is 5.92 Å². The Morgan fingerprint density at radius 2 is 2.00 bits per heavy atom. The number of nitrogens with zero attached hydrogens (tertiary/aromatic N) is 3. The van der Waals surface area contributed by atoms with E-state index in [9.17, 15) is 4.79 Å². The number of nitrogens with one attached hydrogen (secondary N) is 1. The fourth-order valence-corrected chi connectivity index (χ4v) is 4.69. The molecule has 1 N–H and O–H groups in total. The average molecular weight is 457 g/mol. The van der Waals surface area contributed by atoms with Crippen LogP contribution in [0.5, 0.6) is 0 Å². The summed E-state index contributed by atoms with van der Waals surface area (Å²) < 4.78 is 5.43. The first-order valence-corrected chi connectivity index (χ1v) is 11.8. The normalized spacial score (nSPS) is 16.9. The molecule has 3 aromatic rings. The van der Waals surface area contributed by atoms with E-state index in [1.54, 1.807) is 17.8 Å². The van der Waals surface area contributed by atoms with Gasteiger partial charge in [-0.2, -0.15) is 4.98 Å². The molecule has 4 rings (SSSR count). The van der Waals surface area contributed by atoms with Crippen molar-refractivity contribution in [3.8, 4) is 11.4 Å². The van der Waals surface area contributed by atoms with Crippen LogP contribution in [0.3, 0.4) is 0 Å². The molecule has 6 nitrogen and oxygen atoms in total. The van der Waals surface area contributed by atoms with Crippen LogP contribution in [0.1, 0.15) is 18.7 Å². The van der Waals surface area contributed by atoms with E-state index in [1.165, 1.54) is 4.90 Å². The minimum atomic E-state index is -0.0126. The van der Waals surface area contributed by atoms with Crippen molar-refractivity contribution < 1.29 is 9.32 Å². The Bertz CT molecular complexity index is 998. The van der Waals surface area contributed by atoms with Gasteiger partial charge in [-0.15, -0.1) is 11.8 Å². The Balaban J connectivity index is 1.25. The van der Waals surface area contributed by atoms with E-state index in [2.05, 4.69) is 32.5 Å². The summed E-state index contributed by atoms with van der Waals surface area (Å²) in [7, 11) is 0. The largest absolute Gasteiger partial charge is 0.355 e. The molecular weight excluding hydrogens is 432 g/mol. The molecule has 2 heterocycles. The fraction of sp³-hybridized carbons (Fsp3) is 0.348. The average Bonchev–Trinajstić information content (AvgIpc) is 3.26. The smallest absolute Gasteiger partial charge is 0.241 e. The number of carbonyl (C=O) groups excluding carboxylic acids is 1. The molecular formula is C23H25ClN4O2S. The first-order chi connectivity index (χ1) is 15.2. The summed E-state index contributed by atoms with van der Waals surface area (Å²) in [5.41, 5.74) is 0.753. The Labute approximate surface area is 191 Å². The maximum absolute atomic E-state index is 12.6. The summed E-state index contributed by atoms with van der Waals surface area (Å²) in [6.07, 6.45) is 1.88. The summed E-state index contributed by atoms with van der Waals surface area (Å²) in [6, 6.07) is 17.7. The highest BCUT2D eigenvalue weighted by atomic mass is 35.5. The number of carbonyl (C=O) groups is 1. The number of hydrogen-bond donors (Lipinski definition) is 1. The molecule has 1 unspecified atom stereocenters. The number of amides is 1. The zero-order chi connectivity index (χ0) is 21.5. The van der Waals surface area contributed by atoms with Gasteiger partial charge in [0.1, 0.15) is 0 Å². The number of rotatable bonds is 8.